The Balaban J connectivity index is 1.44. The lowest BCUT2D eigenvalue weighted by atomic mass is 9.84. The van der Waals surface area contributed by atoms with Gasteiger partial charge < -0.3 is 10.2 Å². The van der Waals surface area contributed by atoms with Crippen molar-refractivity contribution < 1.29 is 4.79 Å². The van der Waals surface area contributed by atoms with Gasteiger partial charge in [-0.25, -0.2) is 4.79 Å². The van der Waals surface area contributed by atoms with E-state index in [-0.39, 0.29) is 6.03 Å². The summed E-state index contributed by atoms with van der Waals surface area (Å²) in [4.78, 5) is 14.7. The van der Waals surface area contributed by atoms with Crippen LogP contribution in [-0.4, -0.2) is 36.6 Å². The minimum Gasteiger partial charge on any atom is -0.334 e. The highest BCUT2D eigenvalue weighted by molar-refractivity contribution is 7.16. The quantitative estimate of drug-likeness (QED) is 0.895. The summed E-state index contributed by atoms with van der Waals surface area (Å²) >= 11 is 1.59. The first-order chi connectivity index (χ1) is 10.3. The summed E-state index contributed by atoms with van der Waals surface area (Å²) in [5, 5.41) is 11.5. The van der Waals surface area contributed by atoms with Crippen LogP contribution in [0.1, 0.15) is 12.8 Å². The summed E-state index contributed by atoms with van der Waals surface area (Å²) in [7, 11) is 0. The zero-order valence-electron chi connectivity index (χ0n) is 11.8. The first-order valence-electron chi connectivity index (χ1n) is 7.56. The number of hydrogen-bond donors (Lipinski definition) is 2. The van der Waals surface area contributed by atoms with E-state index >= 15 is 0 Å². The number of carbonyl (C=O) groups is 1. The van der Waals surface area contributed by atoms with Crippen LogP contribution in [0.4, 0.5) is 9.80 Å². The van der Waals surface area contributed by atoms with E-state index in [2.05, 4.69) is 33.0 Å². The van der Waals surface area contributed by atoms with Crippen molar-refractivity contribution in [3.05, 3.63) is 29.6 Å². The second kappa shape index (κ2) is 5.31. The number of hydrogen-bond acceptors (Lipinski definition) is 3. The summed E-state index contributed by atoms with van der Waals surface area (Å²) < 4.78 is 0. The van der Waals surface area contributed by atoms with Gasteiger partial charge in [0.15, 0.2) is 0 Å². The van der Waals surface area contributed by atoms with Crippen LogP contribution in [0, 0.1) is 5.92 Å². The zero-order valence-corrected chi connectivity index (χ0v) is 12.7. The standard InChI is InChI=1S/C16H19N3OS/c20-16(17-14-9-19-7-5-11(14)6-8-19)18-15-13-4-2-1-3-12(13)10-21-15/h1-4,10-11,14H,5-9H2,(H2,17,18,20). The molecule has 2 amide bonds. The number of nitrogens with one attached hydrogen (secondary N) is 2. The van der Waals surface area contributed by atoms with Crippen LogP contribution in [0.15, 0.2) is 29.6 Å². The zero-order chi connectivity index (χ0) is 14.2. The Labute approximate surface area is 128 Å². The minimum absolute atomic E-state index is 0.0682. The molecule has 4 heterocycles. The molecule has 0 saturated carbocycles. The molecular weight excluding hydrogens is 282 g/mol. The minimum atomic E-state index is -0.0682. The normalized spacial score (nSPS) is 27.7. The number of anilines is 1. The lowest BCUT2D eigenvalue weighted by Crippen LogP contribution is -2.57. The number of nitrogens with zero attached hydrogens (tertiary/aromatic N) is 1. The Morgan fingerprint density at radius 1 is 1.24 bits per heavy atom. The molecule has 3 saturated heterocycles. The number of thiophene rings is 1. The molecule has 3 aliphatic rings. The molecule has 0 spiro atoms. The van der Waals surface area contributed by atoms with Gasteiger partial charge in [0.1, 0.15) is 5.00 Å². The SMILES string of the molecule is O=C(Nc1scc2ccccc12)NC1CN2CCC1CC2. The van der Waals surface area contributed by atoms with Gasteiger partial charge >= 0.3 is 6.03 Å². The molecule has 1 aromatic carbocycles. The summed E-state index contributed by atoms with van der Waals surface area (Å²) in [5.41, 5.74) is 0. The number of amides is 2. The van der Waals surface area contributed by atoms with E-state index in [4.69, 9.17) is 0 Å². The number of carbonyl (C=O) groups excluding carboxylic acids is 1. The predicted molar refractivity (Wildman–Crippen MR) is 86.9 cm³/mol. The van der Waals surface area contributed by atoms with Crippen LogP contribution in [-0.2, 0) is 0 Å². The smallest absolute Gasteiger partial charge is 0.320 e. The van der Waals surface area contributed by atoms with Gasteiger partial charge in [0.25, 0.3) is 0 Å². The summed E-state index contributed by atoms with van der Waals surface area (Å²) in [6.07, 6.45) is 2.43. The highest BCUT2D eigenvalue weighted by Gasteiger charge is 2.34. The Kier molecular flexibility index (Phi) is 3.31. The van der Waals surface area contributed by atoms with Crippen molar-refractivity contribution in [2.75, 3.05) is 25.0 Å². The van der Waals surface area contributed by atoms with Gasteiger partial charge in [-0.3, -0.25) is 5.32 Å². The van der Waals surface area contributed by atoms with E-state index in [0.717, 1.165) is 16.9 Å². The molecule has 3 fully saturated rings. The Hall–Kier alpha value is -1.59. The van der Waals surface area contributed by atoms with Gasteiger partial charge in [0.2, 0.25) is 0 Å². The van der Waals surface area contributed by atoms with Crippen LogP contribution in [0.25, 0.3) is 10.8 Å². The second-order valence-corrected chi connectivity index (χ2v) is 6.87. The average Bonchev–Trinajstić information content (AvgIpc) is 2.92. The molecule has 2 bridgehead atoms. The number of fused-ring (bicyclic) bond motifs is 4. The molecule has 5 heteroatoms. The Morgan fingerprint density at radius 3 is 2.81 bits per heavy atom. The number of benzene rings is 1. The third-order valence-corrected chi connectivity index (χ3v) is 5.64. The van der Waals surface area contributed by atoms with E-state index in [1.54, 1.807) is 11.3 Å². The third-order valence-electron chi connectivity index (χ3n) is 4.71. The first kappa shape index (κ1) is 13.1. The molecule has 1 atom stereocenters. The average molecular weight is 301 g/mol. The molecule has 1 unspecified atom stereocenters. The van der Waals surface area contributed by atoms with E-state index in [1.807, 2.05) is 12.1 Å². The van der Waals surface area contributed by atoms with Gasteiger partial charge in [-0.1, -0.05) is 24.3 Å². The first-order valence-corrected chi connectivity index (χ1v) is 8.44. The summed E-state index contributed by atoms with van der Waals surface area (Å²) in [5.74, 6) is 0.654. The lowest BCUT2D eigenvalue weighted by Gasteiger charge is -2.44. The fourth-order valence-electron chi connectivity index (χ4n) is 3.53. The summed E-state index contributed by atoms with van der Waals surface area (Å²) in [6, 6.07) is 8.38. The molecule has 2 aromatic rings. The van der Waals surface area contributed by atoms with Gasteiger partial charge in [0, 0.05) is 23.4 Å². The molecule has 2 N–H and O–H groups in total. The van der Waals surface area contributed by atoms with Gasteiger partial charge in [0.05, 0.1) is 0 Å². The molecule has 1 aromatic heterocycles. The lowest BCUT2D eigenvalue weighted by molar-refractivity contribution is 0.0777. The third kappa shape index (κ3) is 2.51. The largest absolute Gasteiger partial charge is 0.334 e. The van der Waals surface area contributed by atoms with Gasteiger partial charge in [-0.2, -0.15) is 0 Å². The molecule has 3 aliphatic heterocycles. The monoisotopic (exact) mass is 301 g/mol. The van der Waals surface area contributed by atoms with E-state index in [0.29, 0.717) is 12.0 Å². The van der Waals surface area contributed by atoms with Crippen molar-refractivity contribution in [3.63, 3.8) is 0 Å². The molecule has 4 nitrogen and oxygen atoms in total. The van der Waals surface area contributed by atoms with Gasteiger partial charge in [-0.15, -0.1) is 11.3 Å². The molecule has 5 rings (SSSR count). The van der Waals surface area contributed by atoms with Gasteiger partial charge in [-0.05, 0) is 37.2 Å². The maximum atomic E-state index is 12.3. The highest BCUT2D eigenvalue weighted by atomic mass is 32.1. The molecular formula is C16H19N3OS. The summed E-state index contributed by atoms with van der Waals surface area (Å²) in [6.45, 7) is 3.39. The van der Waals surface area contributed by atoms with Crippen molar-refractivity contribution in [2.45, 2.75) is 18.9 Å². The fraction of sp³-hybridized carbons (Fsp3) is 0.438. The molecule has 0 aliphatic carbocycles. The highest BCUT2D eigenvalue weighted by Crippen LogP contribution is 2.31. The number of piperidine rings is 3. The van der Waals surface area contributed by atoms with Crippen LogP contribution >= 0.6 is 11.3 Å². The van der Waals surface area contributed by atoms with Crippen LogP contribution in [0.3, 0.4) is 0 Å². The van der Waals surface area contributed by atoms with Crippen molar-refractivity contribution in [2.24, 2.45) is 5.92 Å². The Morgan fingerprint density at radius 2 is 2.05 bits per heavy atom. The maximum absolute atomic E-state index is 12.3. The van der Waals surface area contributed by atoms with E-state index in [1.165, 1.54) is 31.3 Å². The van der Waals surface area contributed by atoms with Crippen molar-refractivity contribution in [3.8, 4) is 0 Å². The van der Waals surface area contributed by atoms with Crippen molar-refractivity contribution >= 4 is 33.1 Å². The Bertz CT molecular complexity index is 660. The van der Waals surface area contributed by atoms with Crippen molar-refractivity contribution in [1.29, 1.82) is 0 Å². The maximum Gasteiger partial charge on any atom is 0.320 e. The predicted octanol–water partition coefficient (Wildman–Crippen LogP) is 3.12. The van der Waals surface area contributed by atoms with E-state index in [9.17, 15) is 4.79 Å². The van der Waals surface area contributed by atoms with Crippen LogP contribution in [0.5, 0.6) is 0 Å². The van der Waals surface area contributed by atoms with Crippen molar-refractivity contribution in [1.82, 2.24) is 10.2 Å². The van der Waals surface area contributed by atoms with E-state index < -0.39 is 0 Å². The van der Waals surface area contributed by atoms with Crippen LogP contribution < -0.4 is 10.6 Å². The number of rotatable bonds is 2. The topological polar surface area (TPSA) is 44.4 Å². The number of urea groups is 1. The fourth-order valence-corrected chi connectivity index (χ4v) is 4.44. The molecule has 0 radical (unpaired) electrons. The second-order valence-electron chi connectivity index (χ2n) is 6.00. The molecule has 21 heavy (non-hydrogen) atoms. The molecule has 110 valence electrons. The van der Waals surface area contributed by atoms with Crippen LogP contribution in [0.2, 0.25) is 0 Å².